The normalized spacial score (nSPS) is 16.7. The van der Waals surface area contributed by atoms with Crippen molar-refractivity contribution in [3.8, 4) is 0 Å². The number of aliphatic hydroxyl groups is 1. The van der Waals surface area contributed by atoms with Crippen molar-refractivity contribution in [3.05, 3.63) is 16.3 Å². The molecule has 2 rings (SSSR count). The Labute approximate surface area is 112 Å². The first-order chi connectivity index (χ1) is 8.46. The van der Waals surface area contributed by atoms with E-state index < -0.39 is 10.0 Å². The van der Waals surface area contributed by atoms with Gasteiger partial charge in [-0.3, -0.25) is 0 Å². The highest BCUT2D eigenvalue weighted by Crippen LogP contribution is 2.34. The Kier molecular flexibility index (Phi) is 4.11. The van der Waals surface area contributed by atoms with E-state index in [9.17, 15) is 13.5 Å². The molecule has 1 aliphatic rings. The topological polar surface area (TPSA) is 57.6 Å². The van der Waals surface area contributed by atoms with E-state index >= 15 is 0 Å². The molecule has 1 saturated carbocycles. The van der Waals surface area contributed by atoms with Crippen LogP contribution in [0.1, 0.15) is 31.6 Å². The van der Waals surface area contributed by atoms with Gasteiger partial charge in [-0.1, -0.05) is 13.8 Å². The molecule has 0 unspecified atom stereocenters. The predicted molar refractivity (Wildman–Crippen MR) is 72.0 cm³/mol. The number of rotatable bonds is 6. The zero-order chi connectivity index (χ0) is 13.3. The Morgan fingerprint density at radius 3 is 2.67 bits per heavy atom. The van der Waals surface area contributed by atoms with E-state index in [-0.39, 0.29) is 17.5 Å². The van der Waals surface area contributed by atoms with Crippen LogP contribution in [-0.4, -0.2) is 30.4 Å². The molecule has 0 amide bonds. The summed E-state index contributed by atoms with van der Waals surface area (Å²) < 4.78 is 26.8. The van der Waals surface area contributed by atoms with Crippen molar-refractivity contribution in [3.63, 3.8) is 0 Å². The maximum Gasteiger partial charge on any atom is 0.244 e. The summed E-state index contributed by atoms with van der Waals surface area (Å²) in [4.78, 5) is 0.812. The third-order valence-electron chi connectivity index (χ3n) is 2.93. The molecule has 102 valence electrons. The molecule has 0 atom stereocenters. The summed E-state index contributed by atoms with van der Waals surface area (Å²) in [6.45, 7) is 4.37. The Morgan fingerprint density at radius 1 is 1.50 bits per heavy atom. The van der Waals surface area contributed by atoms with Crippen LogP contribution in [0.25, 0.3) is 0 Å². The molecule has 0 radical (unpaired) electrons. The highest BCUT2D eigenvalue weighted by atomic mass is 32.2. The van der Waals surface area contributed by atoms with E-state index in [0.717, 1.165) is 12.8 Å². The summed E-state index contributed by atoms with van der Waals surface area (Å²) in [5, 5.41) is 10.9. The molecule has 1 aromatic heterocycles. The fraction of sp³-hybridized carbons (Fsp3) is 0.667. The van der Waals surface area contributed by atoms with E-state index in [0.29, 0.717) is 17.3 Å². The summed E-state index contributed by atoms with van der Waals surface area (Å²) >= 11 is 1.29. The lowest BCUT2D eigenvalue weighted by atomic mass is 10.2. The van der Waals surface area contributed by atoms with Crippen molar-refractivity contribution in [1.29, 1.82) is 0 Å². The molecule has 1 N–H and O–H groups in total. The zero-order valence-corrected chi connectivity index (χ0v) is 12.3. The van der Waals surface area contributed by atoms with Crippen LogP contribution in [-0.2, 0) is 16.6 Å². The molecule has 0 saturated heterocycles. The molecule has 18 heavy (non-hydrogen) atoms. The minimum absolute atomic E-state index is 0.156. The highest BCUT2D eigenvalue weighted by molar-refractivity contribution is 7.89. The molecule has 1 heterocycles. The molecule has 1 aliphatic carbocycles. The number of sulfonamides is 1. The maximum atomic E-state index is 12.6. The molecule has 6 heteroatoms. The smallest absolute Gasteiger partial charge is 0.244 e. The SMILES string of the molecule is CC(C)CN(C1CC1)S(=O)(=O)c1ccsc1CO. The number of nitrogens with zero attached hydrogens (tertiary/aromatic N) is 1. The molecule has 4 nitrogen and oxygen atoms in total. The lowest BCUT2D eigenvalue weighted by molar-refractivity contribution is 0.282. The predicted octanol–water partition coefficient (Wildman–Crippen LogP) is 2.05. The van der Waals surface area contributed by atoms with E-state index in [2.05, 4.69) is 0 Å². The van der Waals surface area contributed by atoms with Gasteiger partial charge in [0.05, 0.1) is 11.5 Å². The van der Waals surface area contributed by atoms with Gasteiger partial charge in [-0.15, -0.1) is 11.3 Å². The molecule has 0 aromatic carbocycles. The Balaban J connectivity index is 2.33. The molecule has 1 fully saturated rings. The summed E-state index contributed by atoms with van der Waals surface area (Å²) in [5.74, 6) is 0.302. The fourth-order valence-electron chi connectivity index (χ4n) is 1.97. The third kappa shape index (κ3) is 2.77. The molecule has 0 spiro atoms. The second kappa shape index (κ2) is 5.28. The fourth-order valence-corrected chi connectivity index (χ4v) is 5.08. The number of hydrogen-bond acceptors (Lipinski definition) is 4. The zero-order valence-electron chi connectivity index (χ0n) is 10.7. The van der Waals surface area contributed by atoms with E-state index in [4.69, 9.17) is 0 Å². The van der Waals surface area contributed by atoms with Gasteiger partial charge in [0.2, 0.25) is 10.0 Å². The Bertz CT molecular complexity index is 503. The average molecular weight is 289 g/mol. The summed E-state index contributed by atoms with van der Waals surface area (Å²) in [5.41, 5.74) is 0. The van der Waals surface area contributed by atoms with Gasteiger partial charge in [0.1, 0.15) is 0 Å². The minimum Gasteiger partial charge on any atom is -0.391 e. The van der Waals surface area contributed by atoms with Crippen molar-refractivity contribution in [1.82, 2.24) is 4.31 Å². The summed E-state index contributed by atoms with van der Waals surface area (Å²) in [6.07, 6.45) is 1.90. The maximum absolute atomic E-state index is 12.6. The standard InChI is InChI=1S/C12H19NO3S2/c1-9(2)7-13(10-3-4-10)18(15,16)12-5-6-17-11(12)8-14/h5-6,9-10,14H,3-4,7-8H2,1-2H3. The van der Waals surface area contributed by atoms with E-state index in [1.165, 1.54) is 11.3 Å². The van der Waals surface area contributed by atoms with E-state index in [1.807, 2.05) is 13.8 Å². The van der Waals surface area contributed by atoms with Crippen molar-refractivity contribution in [2.75, 3.05) is 6.54 Å². The van der Waals surface area contributed by atoms with Gasteiger partial charge < -0.3 is 5.11 Å². The van der Waals surface area contributed by atoms with Crippen molar-refractivity contribution in [2.45, 2.75) is 44.2 Å². The van der Waals surface area contributed by atoms with Gasteiger partial charge in [-0.2, -0.15) is 4.31 Å². The van der Waals surface area contributed by atoms with Crippen LogP contribution in [0.4, 0.5) is 0 Å². The van der Waals surface area contributed by atoms with Gasteiger partial charge in [-0.25, -0.2) is 8.42 Å². The molecule has 0 bridgehead atoms. The first-order valence-electron chi connectivity index (χ1n) is 6.16. The Morgan fingerprint density at radius 2 is 2.17 bits per heavy atom. The third-order valence-corrected chi connectivity index (χ3v) is 5.97. The van der Waals surface area contributed by atoms with Gasteiger partial charge in [-0.05, 0) is 30.2 Å². The van der Waals surface area contributed by atoms with Gasteiger partial charge >= 0.3 is 0 Å². The molecule has 0 aliphatic heterocycles. The molecule has 1 aromatic rings. The lowest BCUT2D eigenvalue weighted by Gasteiger charge is -2.23. The largest absolute Gasteiger partial charge is 0.391 e. The van der Waals surface area contributed by atoms with Crippen molar-refractivity contribution in [2.24, 2.45) is 5.92 Å². The number of aliphatic hydroxyl groups excluding tert-OH is 1. The summed E-state index contributed by atoms with van der Waals surface area (Å²) in [6, 6.07) is 1.75. The Hall–Kier alpha value is -0.430. The van der Waals surface area contributed by atoms with Crippen LogP contribution in [0.3, 0.4) is 0 Å². The highest BCUT2D eigenvalue weighted by Gasteiger charge is 2.39. The molecular formula is C12H19NO3S2. The van der Waals surface area contributed by atoms with Crippen molar-refractivity contribution < 1.29 is 13.5 Å². The lowest BCUT2D eigenvalue weighted by Crippen LogP contribution is -2.36. The number of thiophene rings is 1. The second-order valence-electron chi connectivity index (χ2n) is 5.07. The second-order valence-corrected chi connectivity index (χ2v) is 7.93. The van der Waals surface area contributed by atoms with E-state index in [1.54, 1.807) is 15.8 Å². The van der Waals surface area contributed by atoms with Crippen LogP contribution in [0.2, 0.25) is 0 Å². The van der Waals surface area contributed by atoms with Gasteiger partial charge in [0, 0.05) is 17.5 Å². The average Bonchev–Trinajstić information content (AvgIpc) is 3.01. The first kappa shape index (κ1) is 14.0. The van der Waals surface area contributed by atoms with Crippen LogP contribution in [0.5, 0.6) is 0 Å². The minimum atomic E-state index is -3.45. The quantitative estimate of drug-likeness (QED) is 0.872. The number of hydrogen-bond donors (Lipinski definition) is 1. The summed E-state index contributed by atoms with van der Waals surface area (Å²) in [7, 11) is -3.45. The van der Waals surface area contributed by atoms with Gasteiger partial charge in [0.25, 0.3) is 0 Å². The van der Waals surface area contributed by atoms with Crippen LogP contribution >= 0.6 is 11.3 Å². The van der Waals surface area contributed by atoms with Crippen molar-refractivity contribution >= 4 is 21.4 Å². The van der Waals surface area contributed by atoms with Gasteiger partial charge in [0.15, 0.2) is 0 Å². The first-order valence-corrected chi connectivity index (χ1v) is 8.48. The van der Waals surface area contributed by atoms with Crippen LogP contribution < -0.4 is 0 Å². The molecular weight excluding hydrogens is 270 g/mol. The monoisotopic (exact) mass is 289 g/mol. The van der Waals surface area contributed by atoms with Crippen LogP contribution in [0, 0.1) is 5.92 Å². The van der Waals surface area contributed by atoms with Crippen LogP contribution in [0.15, 0.2) is 16.3 Å².